The third-order valence-electron chi connectivity index (χ3n) is 6.02. The van der Waals surface area contributed by atoms with E-state index in [1.54, 1.807) is 27.4 Å². The maximum Gasteiger partial charge on any atom is -0.0253 e. The normalized spacial score (nSPS) is 11.4. The summed E-state index contributed by atoms with van der Waals surface area (Å²) in [5.41, 5.74) is 8.39. The minimum Gasteiger partial charge on any atom is -0.179 e. The van der Waals surface area contributed by atoms with Crippen LogP contribution in [0, 0.1) is 12.1 Å². The van der Waals surface area contributed by atoms with Gasteiger partial charge in [0.2, 0.25) is 0 Å². The van der Waals surface area contributed by atoms with Crippen LogP contribution in [0.3, 0.4) is 0 Å². The standard InChI is InChI=1S/C16H16.C13H9.C5H5.2ClH.Zr/c1-3-9-15(10-4-1)13-7-8-14-16-11-5-2-6-12-16;1-3-7-12-10(5-1)9-11-6-2-4-8-13(11)12;1-2-4-5-3-1;;;/h1-6,9-12H,7,13-14H2;1-5,7-8H,9H2;1-3H,4H2;2*1H;/q;2*-1;;;+2/p-2. The number of benzene rings is 4. The Hall–Kier alpha value is -2.31. The Morgan fingerprint density at radius 1 is 0.730 bits per heavy atom. The Kier molecular flexibility index (Phi) is 14.4. The summed E-state index contributed by atoms with van der Waals surface area (Å²) in [5.74, 6) is 0. The summed E-state index contributed by atoms with van der Waals surface area (Å²) in [5, 5.41) is 0. The fourth-order valence-corrected chi connectivity index (χ4v) is 5.02. The Labute approximate surface area is 249 Å². The summed E-state index contributed by atoms with van der Waals surface area (Å²) in [6, 6.07) is 39.6. The van der Waals surface area contributed by atoms with Crippen LogP contribution in [0.15, 0.2) is 121 Å². The number of halogens is 2. The van der Waals surface area contributed by atoms with Crippen molar-refractivity contribution < 1.29 is 49.0 Å². The molecule has 4 aromatic rings. The predicted molar refractivity (Wildman–Crippen MR) is 145 cm³/mol. The van der Waals surface area contributed by atoms with Gasteiger partial charge in [-0.3, -0.25) is 6.08 Å². The summed E-state index contributed by atoms with van der Waals surface area (Å²) in [4.78, 5) is 0. The predicted octanol–water partition coefficient (Wildman–Crippen LogP) is 1.95. The third kappa shape index (κ3) is 10.2. The molecule has 0 saturated heterocycles. The monoisotopic (exact) mass is 598 g/mol. The second-order valence-corrected chi connectivity index (χ2v) is 10.4. The van der Waals surface area contributed by atoms with Crippen LogP contribution in [-0.4, -0.2) is 3.21 Å². The summed E-state index contributed by atoms with van der Waals surface area (Å²) in [7, 11) is 0. The fourth-order valence-electron chi connectivity index (χ4n) is 4.21. The van der Waals surface area contributed by atoms with Gasteiger partial charge in [0, 0.05) is 0 Å². The molecular formula is C34H30Cl2Zr-2. The van der Waals surface area contributed by atoms with Gasteiger partial charge in [-0.1, -0.05) is 35.4 Å². The number of aryl methyl sites for hydroxylation is 1. The largest absolute Gasteiger partial charge is 0.179 e. The molecule has 0 spiro atoms. The molecule has 0 atom stereocenters. The molecule has 0 N–H and O–H groups in total. The molecule has 2 aliphatic rings. The zero-order chi connectivity index (χ0) is 24.1. The Morgan fingerprint density at radius 3 is 2.03 bits per heavy atom. The smallest absolute Gasteiger partial charge is 0.0253 e. The van der Waals surface area contributed by atoms with Gasteiger partial charge in [0.15, 0.2) is 0 Å². The van der Waals surface area contributed by atoms with Gasteiger partial charge in [-0.2, -0.15) is 35.9 Å². The fraction of sp³-hybridized carbons (Fsp3) is 0.147. The van der Waals surface area contributed by atoms with Crippen LogP contribution in [0.5, 0.6) is 0 Å². The first kappa shape index (κ1) is 30.9. The molecule has 2 aliphatic carbocycles. The maximum atomic E-state index is 3.30. The minimum absolute atomic E-state index is 0. The van der Waals surface area contributed by atoms with Crippen molar-refractivity contribution in [3.63, 3.8) is 0 Å². The van der Waals surface area contributed by atoms with Crippen molar-refractivity contribution in [1.82, 2.24) is 0 Å². The number of hydrogen-bond donors (Lipinski definition) is 0. The van der Waals surface area contributed by atoms with E-state index in [0.29, 0.717) is 0 Å². The summed E-state index contributed by atoms with van der Waals surface area (Å²) >= 11 is 1.57. The van der Waals surface area contributed by atoms with E-state index in [-0.39, 0.29) is 24.8 Å². The van der Waals surface area contributed by atoms with E-state index in [0.717, 1.165) is 19.3 Å². The number of rotatable bonds is 5. The van der Waals surface area contributed by atoms with Gasteiger partial charge < -0.3 is 24.8 Å². The Balaban J connectivity index is 0.000000213. The quantitative estimate of drug-likeness (QED) is 0.271. The summed E-state index contributed by atoms with van der Waals surface area (Å²) in [6.07, 6.45) is 14.6. The first-order chi connectivity index (χ1) is 17.3. The number of hydrogen-bond acceptors (Lipinski definition) is 0. The topological polar surface area (TPSA) is 0 Å². The molecule has 0 fully saturated rings. The van der Waals surface area contributed by atoms with Crippen LogP contribution in [0.1, 0.15) is 35.1 Å². The Bertz CT molecular complexity index is 1220. The minimum atomic E-state index is 0. The molecule has 0 bridgehead atoms. The van der Waals surface area contributed by atoms with E-state index in [9.17, 15) is 0 Å². The average Bonchev–Trinajstić information content (AvgIpc) is 3.61. The molecule has 0 heterocycles. The van der Waals surface area contributed by atoms with Crippen LogP contribution >= 0.6 is 0 Å². The first-order valence-electron chi connectivity index (χ1n) is 12.2. The molecule has 186 valence electrons. The van der Waals surface area contributed by atoms with Gasteiger partial charge in [-0.05, 0) is 6.42 Å². The Morgan fingerprint density at radius 2 is 1.38 bits per heavy atom. The van der Waals surface area contributed by atoms with Crippen LogP contribution in [0.4, 0.5) is 0 Å². The van der Waals surface area contributed by atoms with Crippen molar-refractivity contribution in [2.24, 2.45) is 0 Å². The SMILES string of the molecule is [C-]1=CC=CC1.[Cl-].[Cl-].[Zr+2]=[C](CCc1ccccc1)Cc1ccccc1.[c-]1cccc2c1Cc1ccccc1-2. The van der Waals surface area contributed by atoms with Crippen molar-refractivity contribution in [1.29, 1.82) is 0 Å². The first-order valence-corrected chi connectivity index (χ1v) is 13.5. The molecular weight excluding hydrogens is 571 g/mol. The second kappa shape index (κ2) is 17.2. The van der Waals surface area contributed by atoms with Crippen LogP contribution in [-0.2, 0) is 43.5 Å². The zero-order valence-corrected chi connectivity index (χ0v) is 24.8. The average molecular weight is 601 g/mol. The van der Waals surface area contributed by atoms with Crippen molar-refractivity contribution in [3.05, 3.63) is 156 Å². The van der Waals surface area contributed by atoms with Gasteiger partial charge in [-0.15, -0.1) is 12.0 Å². The molecule has 0 unspecified atom stereocenters. The van der Waals surface area contributed by atoms with Crippen molar-refractivity contribution >= 4 is 3.21 Å². The van der Waals surface area contributed by atoms with E-state index in [2.05, 4.69) is 115 Å². The second-order valence-electron chi connectivity index (χ2n) is 8.65. The molecule has 0 aromatic heterocycles. The van der Waals surface area contributed by atoms with E-state index < -0.39 is 0 Å². The molecule has 0 amide bonds. The van der Waals surface area contributed by atoms with E-state index in [1.807, 2.05) is 18.2 Å². The third-order valence-corrected chi connectivity index (χ3v) is 7.07. The van der Waals surface area contributed by atoms with Crippen molar-refractivity contribution in [2.75, 3.05) is 0 Å². The van der Waals surface area contributed by atoms with Gasteiger partial charge in [0.1, 0.15) is 0 Å². The maximum absolute atomic E-state index is 3.30. The molecule has 4 aromatic carbocycles. The van der Waals surface area contributed by atoms with E-state index in [1.165, 1.54) is 46.2 Å². The van der Waals surface area contributed by atoms with Gasteiger partial charge in [0.05, 0.1) is 0 Å². The van der Waals surface area contributed by atoms with Gasteiger partial charge >= 0.3 is 118 Å². The van der Waals surface area contributed by atoms with Crippen LogP contribution in [0.25, 0.3) is 11.1 Å². The number of fused-ring (bicyclic) bond motifs is 3. The van der Waals surface area contributed by atoms with Crippen molar-refractivity contribution in [3.8, 4) is 11.1 Å². The molecule has 37 heavy (non-hydrogen) atoms. The molecule has 0 saturated carbocycles. The van der Waals surface area contributed by atoms with Gasteiger partial charge in [-0.25, -0.2) is 12.2 Å². The molecule has 0 aliphatic heterocycles. The zero-order valence-electron chi connectivity index (χ0n) is 20.8. The molecule has 3 heteroatoms. The van der Waals surface area contributed by atoms with Crippen LogP contribution < -0.4 is 24.8 Å². The van der Waals surface area contributed by atoms with E-state index in [4.69, 9.17) is 0 Å². The van der Waals surface area contributed by atoms with Gasteiger partial charge in [0.25, 0.3) is 0 Å². The van der Waals surface area contributed by atoms with E-state index >= 15 is 0 Å². The molecule has 6 rings (SSSR count). The summed E-state index contributed by atoms with van der Waals surface area (Å²) < 4.78 is 1.65. The number of allylic oxidation sites excluding steroid dienone is 4. The molecule has 0 radical (unpaired) electrons. The van der Waals surface area contributed by atoms with Crippen molar-refractivity contribution in [2.45, 2.75) is 32.1 Å². The van der Waals surface area contributed by atoms with Crippen LogP contribution in [0.2, 0.25) is 0 Å². The summed E-state index contributed by atoms with van der Waals surface area (Å²) in [6.45, 7) is 0. The molecule has 0 nitrogen and oxygen atoms in total.